The number of amides is 1. The maximum absolute atomic E-state index is 13.3. The number of pyridine rings is 1. The van der Waals surface area contributed by atoms with E-state index in [-0.39, 0.29) is 17.4 Å². The molecule has 0 bridgehead atoms. The van der Waals surface area contributed by atoms with E-state index in [2.05, 4.69) is 37.9 Å². The number of hydrogen-bond donors (Lipinski definition) is 0. The van der Waals surface area contributed by atoms with Crippen molar-refractivity contribution in [2.75, 3.05) is 4.90 Å². The minimum Gasteiger partial charge on any atom is -0.485 e. The SMILES string of the molecule is CC(Oc1cccc2c1C(=O)N(c1ccc(C(C)(C)C)cc1)C2)c1ccncc1. The molecule has 1 aliphatic heterocycles. The lowest BCUT2D eigenvalue weighted by atomic mass is 9.87. The standard InChI is InChI=1S/C25H26N2O2/c1-17(18-12-14-26-15-13-18)29-22-7-5-6-19-16-27(24(28)23(19)22)21-10-8-20(9-11-21)25(2,3)4/h5-15,17H,16H2,1-4H3. The lowest BCUT2D eigenvalue weighted by molar-refractivity contribution is 0.0991. The fourth-order valence-electron chi connectivity index (χ4n) is 3.67. The fraction of sp³-hybridized carbons (Fsp3) is 0.280. The van der Waals surface area contributed by atoms with Crippen LogP contribution in [0.1, 0.15) is 60.8 Å². The predicted molar refractivity (Wildman–Crippen MR) is 115 cm³/mol. The van der Waals surface area contributed by atoms with Crippen molar-refractivity contribution in [3.63, 3.8) is 0 Å². The Kier molecular flexibility index (Phi) is 4.87. The molecule has 148 valence electrons. The number of carbonyl (C=O) groups is 1. The summed E-state index contributed by atoms with van der Waals surface area (Å²) in [6, 6.07) is 18.0. The van der Waals surface area contributed by atoms with Crippen LogP contribution in [0, 0.1) is 0 Å². The van der Waals surface area contributed by atoms with Gasteiger partial charge in [-0.1, -0.05) is 45.0 Å². The van der Waals surface area contributed by atoms with Gasteiger partial charge in [-0.3, -0.25) is 9.78 Å². The lowest BCUT2D eigenvalue weighted by Crippen LogP contribution is -2.23. The molecule has 29 heavy (non-hydrogen) atoms. The molecule has 0 fully saturated rings. The van der Waals surface area contributed by atoms with Crippen molar-refractivity contribution in [1.82, 2.24) is 4.98 Å². The van der Waals surface area contributed by atoms with Crippen LogP contribution >= 0.6 is 0 Å². The zero-order chi connectivity index (χ0) is 20.6. The zero-order valence-electron chi connectivity index (χ0n) is 17.3. The van der Waals surface area contributed by atoms with Crippen LogP contribution in [-0.4, -0.2) is 10.9 Å². The Hall–Kier alpha value is -3.14. The van der Waals surface area contributed by atoms with Gasteiger partial charge in [-0.05, 0) is 59.4 Å². The summed E-state index contributed by atoms with van der Waals surface area (Å²) < 4.78 is 6.19. The summed E-state index contributed by atoms with van der Waals surface area (Å²) in [4.78, 5) is 19.1. The molecule has 4 nitrogen and oxygen atoms in total. The van der Waals surface area contributed by atoms with Crippen molar-refractivity contribution in [1.29, 1.82) is 0 Å². The number of hydrogen-bond acceptors (Lipinski definition) is 3. The van der Waals surface area contributed by atoms with E-state index in [0.29, 0.717) is 17.9 Å². The molecular formula is C25H26N2O2. The Balaban J connectivity index is 1.60. The van der Waals surface area contributed by atoms with E-state index >= 15 is 0 Å². The molecule has 1 aromatic heterocycles. The minimum absolute atomic E-state index is 0.0129. The molecule has 0 N–H and O–H groups in total. The number of nitrogens with zero attached hydrogens (tertiary/aromatic N) is 2. The first-order valence-corrected chi connectivity index (χ1v) is 9.95. The van der Waals surface area contributed by atoms with Crippen molar-refractivity contribution in [2.45, 2.75) is 45.8 Å². The molecule has 4 heteroatoms. The van der Waals surface area contributed by atoms with E-state index in [0.717, 1.165) is 16.8 Å². The Morgan fingerprint density at radius 3 is 2.34 bits per heavy atom. The summed E-state index contributed by atoms with van der Waals surface area (Å²) in [5.41, 5.74) is 4.92. The number of fused-ring (bicyclic) bond motifs is 1. The highest BCUT2D eigenvalue weighted by Gasteiger charge is 2.32. The highest BCUT2D eigenvalue weighted by atomic mass is 16.5. The van der Waals surface area contributed by atoms with Crippen LogP contribution in [0.15, 0.2) is 67.0 Å². The molecule has 4 rings (SSSR count). The molecule has 0 saturated carbocycles. The van der Waals surface area contributed by atoms with Gasteiger partial charge in [-0.25, -0.2) is 0 Å². The number of aromatic nitrogens is 1. The van der Waals surface area contributed by atoms with Crippen LogP contribution in [0.4, 0.5) is 5.69 Å². The second-order valence-corrected chi connectivity index (χ2v) is 8.52. The van der Waals surface area contributed by atoms with Crippen LogP contribution in [0.2, 0.25) is 0 Å². The molecule has 3 aromatic rings. The average Bonchev–Trinajstić information content (AvgIpc) is 3.06. The van der Waals surface area contributed by atoms with Gasteiger partial charge in [0.2, 0.25) is 0 Å². The summed E-state index contributed by atoms with van der Waals surface area (Å²) in [5, 5.41) is 0. The topological polar surface area (TPSA) is 42.4 Å². The van der Waals surface area contributed by atoms with Crippen LogP contribution in [0.5, 0.6) is 5.75 Å². The van der Waals surface area contributed by atoms with Gasteiger partial charge in [-0.2, -0.15) is 0 Å². The van der Waals surface area contributed by atoms with Crippen molar-refractivity contribution in [3.05, 3.63) is 89.2 Å². The molecule has 0 saturated heterocycles. The Labute approximate surface area is 172 Å². The number of benzene rings is 2. The maximum atomic E-state index is 13.3. The van der Waals surface area contributed by atoms with Crippen molar-refractivity contribution in [2.24, 2.45) is 0 Å². The molecule has 1 atom stereocenters. The normalized spacial score (nSPS) is 14.6. The molecule has 2 heterocycles. The third-order valence-electron chi connectivity index (χ3n) is 5.42. The van der Waals surface area contributed by atoms with E-state index < -0.39 is 0 Å². The molecule has 0 aliphatic carbocycles. The van der Waals surface area contributed by atoms with Crippen molar-refractivity contribution in [3.8, 4) is 5.75 Å². The number of rotatable bonds is 4. The predicted octanol–water partition coefficient (Wildman–Crippen LogP) is 5.68. The minimum atomic E-state index is -0.169. The van der Waals surface area contributed by atoms with E-state index in [1.165, 1.54) is 5.56 Å². The first-order valence-electron chi connectivity index (χ1n) is 9.95. The smallest absolute Gasteiger partial charge is 0.262 e. The zero-order valence-corrected chi connectivity index (χ0v) is 17.3. The second kappa shape index (κ2) is 7.36. The van der Waals surface area contributed by atoms with Gasteiger partial charge in [-0.15, -0.1) is 0 Å². The fourth-order valence-corrected chi connectivity index (χ4v) is 3.67. The van der Waals surface area contributed by atoms with E-state index in [1.54, 1.807) is 12.4 Å². The second-order valence-electron chi connectivity index (χ2n) is 8.52. The van der Waals surface area contributed by atoms with Crippen LogP contribution in [-0.2, 0) is 12.0 Å². The molecule has 1 unspecified atom stereocenters. The molecule has 1 aliphatic rings. The van der Waals surface area contributed by atoms with Gasteiger partial charge < -0.3 is 9.64 Å². The summed E-state index contributed by atoms with van der Waals surface area (Å²) >= 11 is 0. The van der Waals surface area contributed by atoms with Gasteiger partial charge in [0.25, 0.3) is 5.91 Å². The van der Waals surface area contributed by atoms with Crippen molar-refractivity contribution >= 4 is 11.6 Å². The monoisotopic (exact) mass is 386 g/mol. The van der Waals surface area contributed by atoms with E-state index in [9.17, 15) is 4.79 Å². The first kappa shape index (κ1) is 19.2. The van der Waals surface area contributed by atoms with E-state index in [4.69, 9.17) is 4.74 Å². The number of carbonyl (C=O) groups excluding carboxylic acids is 1. The van der Waals surface area contributed by atoms with Crippen LogP contribution in [0.25, 0.3) is 0 Å². The Bertz CT molecular complexity index is 1020. The molecule has 0 spiro atoms. The summed E-state index contributed by atoms with van der Waals surface area (Å²) in [6.07, 6.45) is 3.33. The molecule has 2 aromatic carbocycles. The van der Waals surface area contributed by atoms with E-state index in [1.807, 2.05) is 54.3 Å². The van der Waals surface area contributed by atoms with Gasteiger partial charge in [0.1, 0.15) is 11.9 Å². The van der Waals surface area contributed by atoms with Gasteiger partial charge in [0, 0.05) is 18.1 Å². The Morgan fingerprint density at radius 1 is 1.00 bits per heavy atom. The summed E-state index contributed by atoms with van der Waals surface area (Å²) in [7, 11) is 0. The summed E-state index contributed by atoms with van der Waals surface area (Å²) in [5.74, 6) is 0.617. The third kappa shape index (κ3) is 3.75. The highest BCUT2D eigenvalue weighted by Crippen LogP contribution is 2.36. The average molecular weight is 386 g/mol. The largest absolute Gasteiger partial charge is 0.485 e. The first-order chi connectivity index (χ1) is 13.8. The number of ether oxygens (including phenoxy) is 1. The van der Waals surface area contributed by atoms with Crippen LogP contribution < -0.4 is 9.64 Å². The summed E-state index contributed by atoms with van der Waals surface area (Å²) in [6.45, 7) is 9.10. The quantitative estimate of drug-likeness (QED) is 0.579. The lowest BCUT2D eigenvalue weighted by Gasteiger charge is -2.21. The number of anilines is 1. The molecule has 1 amide bonds. The Morgan fingerprint density at radius 2 is 1.69 bits per heavy atom. The van der Waals surface area contributed by atoms with Gasteiger partial charge in [0.15, 0.2) is 0 Å². The highest BCUT2D eigenvalue weighted by molar-refractivity contribution is 6.11. The van der Waals surface area contributed by atoms with Crippen LogP contribution in [0.3, 0.4) is 0 Å². The molecule has 0 radical (unpaired) electrons. The van der Waals surface area contributed by atoms with Gasteiger partial charge in [0.05, 0.1) is 12.1 Å². The van der Waals surface area contributed by atoms with Gasteiger partial charge >= 0.3 is 0 Å². The maximum Gasteiger partial charge on any atom is 0.262 e. The molecular weight excluding hydrogens is 360 g/mol. The third-order valence-corrected chi connectivity index (χ3v) is 5.42. The van der Waals surface area contributed by atoms with Crippen molar-refractivity contribution < 1.29 is 9.53 Å².